The average Bonchev–Trinajstić information content (AvgIpc) is 2.86. The molecule has 0 aromatic carbocycles. The Morgan fingerprint density at radius 2 is 2.19 bits per heavy atom. The van der Waals surface area contributed by atoms with Crippen LogP contribution >= 0.6 is 0 Å². The number of nitrogens with zero attached hydrogens (tertiary/aromatic N) is 1. The zero-order chi connectivity index (χ0) is 11.5. The Hall–Kier alpha value is -1.85. The second-order valence-electron chi connectivity index (χ2n) is 3.86. The molecule has 86 valence electrons. The maximum Gasteiger partial charge on any atom is 0.307 e. The standard InChI is InChI=1S/C10H12N2O4/c13-9(11-8-4-5-16-12-8)6-2-1-3-7(6)10(14)15/h4-7H,1-3H2,(H,14,15)(H,11,12,13). The monoisotopic (exact) mass is 224 g/mol. The van der Waals surface area contributed by atoms with Crippen molar-refractivity contribution in [1.82, 2.24) is 5.16 Å². The fourth-order valence-corrected chi connectivity index (χ4v) is 2.07. The molecule has 6 nitrogen and oxygen atoms in total. The van der Waals surface area contributed by atoms with E-state index < -0.39 is 17.8 Å². The third-order valence-electron chi connectivity index (χ3n) is 2.86. The molecule has 2 rings (SSSR count). The van der Waals surface area contributed by atoms with Gasteiger partial charge in [-0.05, 0) is 12.8 Å². The minimum Gasteiger partial charge on any atom is -0.481 e. The summed E-state index contributed by atoms with van der Waals surface area (Å²) in [5, 5.41) is 15.0. The van der Waals surface area contributed by atoms with Gasteiger partial charge in [-0.25, -0.2) is 0 Å². The van der Waals surface area contributed by atoms with Crippen LogP contribution in [0.25, 0.3) is 0 Å². The zero-order valence-corrected chi connectivity index (χ0v) is 8.55. The average molecular weight is 224 g/mol. The van der Waals surface area contributed by atoms with Gasteiger partial charge in [0.05, 0.1) is 11.8 Å². The van der Waals surface area contributed by atoms with Gasteiger partial charge in [-0.15, -0.1) is 0 Å². The lowest BCUT2D eigenvalue weighted by Crippen LogP contribution is -2.30. The van der Waals surface area contributed by atoms with Crippen molar-refractivity contribution in [2.24, 2.45) is 11.8 Å². The van der Waals surface area contributed by atoms with E-state index in [0.717, 1.165) is 6.42 Å². The first-order valence-corrected chi connectivity index (χ1v) is 5.12. The normalized spacial score (nSPS) is 24.2. The van der Waals surface area contributed by atoms with Gasteiger partial charge in [0.2, 0.25) is 5.91 Å². The molecule has 1 aromatic heterocycles. The molecule has 1 amide bonds. The molecule has 1 aliphatic carbocycles. The van der Waals surface area contributed by atoms with Crippen LogP contribution in [0.5, 0.6) is 0 Å². The van der Waals surface area contributed by atoms with Gasteiger partial charge in [0, 0.05) is 6.07 Å². The molecule has 0 saturated heterocycles. The minimum atomic E-state index is -0.905. The molecule has 2 N–H and O–H groups in total. The molecule has 6 heteroatoms. The molecule has 16 heavy (non-hydrogen) atoms. The number of rotatable bonds is 3. The zero-order valence-electron chi connectivity index (χ0n) is 8.55. The van der Waals surface area contributed by atoms with Gasteiger partial charge in [-0.3, -0.25) is 9.59 Å². The van der Waals surface area contributed by atoms with Crippen molar-refractivity contribution in [2.45, 2.75) is 19.3 Å². The number of hydrogen-bond donors (Lipinski definition) is 2. The molecule has 0 spiro atoms. The highest BCUT2D eigenvalue weighted by Gasteiger charge is 2.37. The highest BCUT2D eigenvalue weighted by atomic mass is 16.5. The summed E-state index contributed by atoms with van der Waals surface area (Å²) in [4.78, 5) is 22.7. The number of hydrogen-bond acceptors (Lipinski definition) is 4. The summed E-state index contributed by atoms with van der Waals surface area (Å²) in [5.41, 5.74) is 0. The van der Waals surface area contributed by atoms with Crippen LogP contribution in [-0.4, -0.2) is 22.1 Å². The molecular formula is C10H12N2O4. The van der Waals surface area contributed by atoms with Gasteiger partial charge in [0.1, 0.15) is 6.26 Å². The molecule has 1 aromatic rings. The number of aromatic nitrogens is 1. The Bertz CT molecular complexity index is 388. The topological polar surface area (TPSA) is 92.4 Å². The van der Waals surface area contributed by atoms with Crippen molar-refractivity contribution in [3.63, 3.8) is 0 Å². The Morgan fingerprint density at radius 1 is 1.44 bits per heavy atom. The number of carboxylic acid groups (broad SMARTS) is 1. The van der Waals surface area contributed by atoms with Crippen LogP contribution in [0, 0.1) is 11.8 Å². The van der Waals surface area contributed by atoms with E-state index >= 15 is 0 Å². The SMILES string of the molecule is O=C(O)C1CCCC1C(=O)Nc1ccon1. The van der Waals surface area contributed by atoms with Crippen molar-refractivity contribution in [1.29, 1.82) is 0 Å². The van der Waals surface area contributed by atoms with Gasteiger partial charge in [0.25, 0.3) is 0 Å². The van der Waals surface area contributed by atoms with Crippen LogP contribution in [0.1, 0.15) is 19.3 Å². The fraction of sp³-hybridized carbons (Fsp3) is 0.500. The maximum atomic E-state index is 11.8. The number of carboxylic acids is 1. The summed E-state index contributed by atoms with van der Waals surface area (Å²) in [6, 6.07) is 1.52. The van der Waals surface area contributed by atoms with Crippen LogP contribution in [0.4, 0.5) is 5.82 Å². The lowest BCUT2D eigenvalue weighted by molar-refractivity contribution is -0.145. The Balaban J connectivity index is 2.01. The highest BCUT2D eigenvalue weighted by molar-refractivity contribution is 5.94. The highest BCUT2D eigenvalue weighted by Crippen LogP contribution is 2.32. The molecule has 2 unspecified atom stereocenters. The van der Waals surface area contributed by atoms with Crippen molar-refractivity contribution in [2.75, 3.05) is 5.32 Å². The number of amides is 1. The van der Waals surface area contributed by atoms with Gasteiger partial charge >= 0.3 is 5.97 Å². The molecule has 1 heterocycles. The van der Waals surface area contributed by atoms with Crippen molar-refractivity contribution in [3.8, 4) is 0 Å². The number of nitrogens with one attached hydrogen (secondary N) is 1. The minimum absolute atomic E-state index is 0.293. The van der Waals surface area contributed by atoms with E-state index in [1.807, 2.05) is 0 Å². The molecule has 0 aliphatic heterocycles. The number of carbonyl (C=O) groups excluding carboxylic acids is 1. The summed E-state index contributed by atoms with van der Waals surface area (Å²) in [5.74, 6) is -1.92. The van der Waals surface area contributed by atoms with Crippen LogP contribution in [-0.2, 0) is 9.59 Å². The molecule has 0 radical (unpaired) electrons. The Labute approximate surface area is 91.6 Å². The van der Waals surface area contributed by atoms with Crippen molar-refractivity contribution < 1.29 is 19.2 Å². The molecule has 1 saturated carbocycles. The van der Waals surface area contributed by atoms with Gasteiger partial charge in [-0.2, -0.15) is 0 Å². The van der Waals surface area contributed by atoms with Gasteiger partial charge < -0.3 is 14.9 Å². The smallest absolute Gasteiger partial charge is 0.307 e. The second-order valence-corrected chi connectivity index (χ2v) is 3.86. The number of carbonyl (C=O) groups is 2. The third-order valence-corrected chi connectivity index (χ3v) is 2.86. The first kappa shape index (κ1) is 10.7. The largest absolute Gasteiger partial charge is 0.481 e. The van der Waals surface area contributed by atoms with E-state index in [2.05, 4.69) is 15.0 Å². The van der Waals surface area contributed by atoms with E-state index in [1.165, 1.54) is 12.3 Å². The van der Waals surface area contributed by atoms with Gasteiger partial charge in [-0.1, -0.05) is 11.6 Å². The van der Waals surface area contributed by atoms with Crippen molar-refractivity contribution >= 4 is 17.7 Å². The molecule has 1 fully saturated rings. The summed E-state index contributed by atoms with van der Waals surface area (Å²) in [6.45, 7) is 0. The summed E-state index contributed by atoms with van der Waals surface area (Å²) in [6.07, 6.45) is 3.29. The summed E-state index contributed by atoms with van der Waals surface area (Å²) in [7, 11) is 0. The van der Waals surface area contributed by atoms with E-state index in [4.69, 9.17) is 5.11 Å². The maximum absolute atomic E-state index is 11.8. The van der Waals surface area contributed by atoms with Crippen LogP contribution in [0.2, 0.25) is 0 Å². The summed E-state index contributed by atoms with van der Waals surface area (Å²) >= 11 is 0. The summed E-state index contributed by atoms with van der Waals surface area (Å²) < 4.78 is 4.57. The van der Waals surface area contributed by atoms with Gasteiger partial charge in [0.15, 0.2) is 5.82 Å². The van der Waals surface area contributed by atoms with Crippen molar-refractivity contribution in [3.05, 3.63) is 12.3 Å². The lowest BCUT2D eigenvalue weighted by atomic mass is 9.95. The van der Waals surface area contributed by atoms with E-state index in [9.17, 15) is 9.59 Å². The quantitative estimate of drug-likeness (QED) is 0.802. The second kappa shape index (κ2) is 4.34. The molecule has 0 bridgehead atoms. The first-order chi connectivity index (χ1) is 7.68. The fourth-order valence-electron chi connectivity index (χ4n) is 2.07. The van der Waals surface area contributed by atoms with Crippen LogP contribution in [0.3, 0.4) is 0 Å². The van der Waals surface area contributed by atoms with Crippen LogP contribution < -0.4 is 5.32 Å². The molecule has 2 atom stereocenters. The van der Waals surface area contributed by atoms with E-state index in [1.54, 1.807) is 0 Å². The third kappa shape index (κ3) is 2.05. The van der Waals surface area contributed by atoms with E-state index in [-0.39, 0.29) is 5.91 Å². The van der Waals surface area contributed by atoms with E-state index in [0.29, 0.717) is 18.7 Å². The number of anilines is 1. The predicted molar refractivity (Wildman–Crippen MR) is 53.6 cm³/mol. The molecule has 1 aliphatic rings. The number of aliphatic carboxylic acids is 1. The first-order valence-electron chi connectivity index (χ1n) is 5.12. The lowest BCUT2D eigenvalue weighted by Gasteiger charge is -2.13. The Morgan fingerprint density at radius 3 is 2.81 bits per heavy atom. The predicted octanol–water partition coefficient (Wildman–Crippen LogP) is 1.11. The Kier molecular flexibility index (Phi) is 2.89. The molecular weight excluding hydrogens is 212 g/mol. The van der Waals surface area contributed by atoms with Crippen LogP contribution in [0.15, 0.2) is 16.9 Å².